The number of hydrogen-bond donors (Lipinski definition) is 0. The molecular formula is C31H24N2. The summed E-state index contributed by atoms with van der Waals surface area (Å²) in [6.07, 6.45) is 7.85. The molecule has 0 atom stereocenters. The van der Waals surface area contributed by atoms with Crippen LogP contribution >= 0.6 is 0 Å². The average Bonchev–Trinajstić information content (AvgIpc) is 2.90. The lowest BCUT2D eigenvalue weighted by atomic mass is 10.0. The lowest BCUT2D eigenvalue weighted by molar-refractivity contribution is 1.28. The zero-order chi connectivity index (χ0) is 22.3. The van der Waals surface area contributed by atoms with Crippen molar-refractivity contribution in [2.24, 2.45) is 0 Å². The third-order valence-electron chi connectivity index (χ3n) is 5.57. The first kappa shape index (κ1) is 20.5. The second-order valence-corrected chi connectivity index (χ2v) is 7.79. The molecule has 0 saturated carbocycles. The third-order valence-corrected chi connectivity index (χ3v) is 5.57. The van der Waals surface area contributed by atoms with Crippen LogP contribution in [0.2, 0.25) is 0 Å². The summed E-state index contributed by atoms with van der Waals surface area (Å²) in [4.78, 5) is 6.33. The van der Waals surface area contributed by atoms with Crippen LogP contribution in [-0.4, -0.2) is 4.98 Å². The Morgan fingerprint density at radius 3 is 1.36 bits per heavy atom. The Kier molecular flexibility index (Phi) is 6.08. The van der Waals surface area contributed by atoms with E-state index in [0.717, 1.165) is 22.6 Å². The van der Waals surface area contributed by atoms with Crippen LogP contribution in [0, 0.1) is 0 Å². The summed E-state index contributed by atoms with van der Waals surface area (Å²) in [5.41, 5.74) is 8.13. The maximum atomic E-state index is 4.06. The van der Waals surface area contributed by atoms with Crippen molar-refractivity contribution in [2.45, 2.75) is 0 Å². The van der Waals surface area contributed by atoms with E-state index in [1.54, 1.807) is 0 Å². The molecule has 0 N–H and O–H groups in total. The summed E-state index contributed by atoms with van der Waals surface area (Å²) in [5.74, 6) is 0. The zero-order valence-electron chi connectivity index (χ0n) is 18.3. The highest BCUT2D eigenvalue weighted by atomic mass is 15.1. The summed E-state index contributed by atoms with van der Waals surface area (Å²) in [6.45, 7) is 0. The molecule has 0 aliphatic rings. The first-order valence-electron chi connectivity index (χ1n) is 11.1. The Labute approximate surface area is 195 Å². The first-order valence-corrected chi connectivity index (χ1v) is 11.1. The van der Waals surface area contributed by atoms with Crippen LogP contribution in [0.25, 0.3) is 23.3 Å². The van der Waals surface area contributed by atoms with E-state index in [1.807, 2.05) is 36.7 Å². The molecule has 0 saturated heterocycles. The smallest absolute Gasteiger partial charge is 0.0462 e. The van der Waals surface area contributed by atoms with E-state index in [9.17, 15) is 0 Å². The van der Waals surface area contributed by atoms with Gasteiger partial charge in [0, 0.05) is 29.5 Å². The van der Waals surface area contributed by atoms with E-state index in [1.165, 1.54) is 16.7 Å². The standard InChI is InChI=1S/C31H24N2/c1-3-7-29(8-4-1)33(30-9-5-2-6-10-30)31-19-17-28(18-20-31)27-15-13-25(14-16-27)11-12-26-21-23-32-24-22-26/h1-24H/b12-11+. The molecule has 2 nitrogen and oxygen atoms in total. The van der Waals surface area contributed by atoms with E-state index in [4.69, 9.17) is 0 Å². The highest BCUT2D eigenvalue weighted by Gasteiger charge is 2.11. The molecular weight excluding hydrogens is 400 g/mol. The Bertz CT molecular complexity index is 1270. The van der Waals surface area contributed by atoms with Crippen LogP contribution in [0.3, 0.4) is 0 Å². The van der Waals surface area contributed by atoms with Gasteiger partial charge < -0.3 is 4.90 Å². The SMILES string of the molecule is C(=C\c1ccc(-c2ccc(N(c3ccccc3)c3ccccc3)cc2)cc1)/c1ccncc1. The topological polar surface area (TPSA) is 16.1 Å². The summed E-state index contributed by atoms with van der Waals surface area (Å²) in [7, 11) is 0. The van der Waals surface area contributed by atoms with E-state index in [0.29, 0.717) is 0 Å². The lowest BCUT2D eigenvalue weighted by Gasteiger charge is -2.25. The van der Waals surface area contributed by atoms with Crippen molar-refractivity contribution in [1.82, 2.24) is 4.98 Å². The highest BCUT2D eigenvalue weighted by molar-refractivity contribution is 5.78. The monoisotopic (exact) mass is 424 g/mol. The molecule has 1 heterocycles. The van der Waals surface area contributed by atoms with Gasteiger partial charge in [-0.15, -0.1) is 0 Å². The molecule has 5 rings (SSSR count). The van der Waals surface area contributed by atoms with Gasteiger partial charge in [0.15, 0.2) is 0 Å². The second kappa shape index (κ2) is 9.80. The van der Waals surface area contributed by atoms with Crippen LogP contribution < -0.4 is 4.90 Å². The molecule has 0 bridgehead atoms. The Morgan fingerprint density at radius 2 is 0.848 bits per heavy atom. The average molecular weight is 425 g/mol. The molecule has 0 spiro atoms. The van der Waals surface area contributed by atoms with Crippen molar-refractivity contribution in [3.8, 4) is 11.1 Å². The Balaban J connectivity index is 1.39. The highest BCUT2D eigenvalue weighted by Crippen LogP contribution is 2.35. The quantitative estimate of drug-likeness (QED) is 0.272. The molecule has 0 amide bonds. The van der Waals surface area contributed by atoms with E-state index < -0.39 is 0 Å². The molecule has 4 aromatic carbocycles. The van der Waals surface area contributed by atoms with Crippen LogP contribution in [0.15, 0.2) is 134 Å². The predicted molar refractivity (Wildman–Crippen MR) is 140 cm³/mol. The molecule has 33 heavy (non-hydrogen) atoms. The van der Waals surface area contributed by atoms with Gasteiger partial charge in [-0.1, -0.05) is 84.9 Å². The van der Waals surface area contributed by atoms with Crippen molar-refractivity contribution >= 4 is 29.2 Å². The molecule has 0 unspecified atom stereocenters. The van der Waals surface area contributed by atoms with Gasteiger partial charge in [-0.05, 0) is 70.8 Å². The second-order valence-electron chi connectivity index (χ2n) is 7.79. The molecule has 0 radical (unpaired) electrons. The van der Waals surface area contributed by atoms with Gasteiger partial charge in [-0.2, -0.15) is 0 Å². The van der Waals surface area contributed by atoms with Crippen molar-refractivity contribution in [3.05, 3.63) is 145 Å². The lowest BCUT2D eigenvalue weighted by Crippen LogP contribution is -2.09. The van der Waals surface area contributed by atoms with Crippen molar-refractivity contribution < 1.29 is 0 Å². The summed E-state index contributed by atoms with van der Waals surface area (Å²) in [5, 5.41) is 0. The Morgan fingerprint density at radius 1 is 0.424 bits per heavy atom. The largest absolute Gasteiger partial charge is 0.311 e. The van der Waals surface area contributed by atoms with Crippen LogP contribution in [-0.2, 0) is 0 Å². The summed E-state index contributed by atoms with van der Waals surface area (Å²) in [6, 6.07) is 42.4. The molecule has 5 aromatic rings. The van der Waals surface area contributed by atoms with Gasteiger partial charge in [0.05, 0.1) is 0 Å². The van der Waals surface area contributed by atoms with Gasteiger partial charge in [0.25, 0.3) is 0 Å². The predicted octanol–water partition coefficient (Wildman–Crippen LogP) is 8.39. The third kappa shape index (κ3) is 4.91. The molecule has 158 valence electrons. The van der Waals surface area contributed by atoms with Gasteiger partial charge in [-0.3, -0.25) is 4.98 Å². The minimum Gasteiger partial charge on any atom is -0.311 e. The number of anilines is 3. The minimum absolute atomic E-state index is 1.13. The minimum atomic E-state index is 1.13. The summed E-state index contributed by atoms with van der Waals surface area (Å²) < 4.78 is 0. The van der Waals surface area contributed by atoms with Gasteiger partial charge in [0.2, 0.25) is 0 Å². The van der Waals surface area contributed by atoms with E-state index in [2.05, 4.69) is 119 Å². The van der Waals surface area contributed by atoms with Crippen molar-refractivity contribution in [1.29, 1.82) is 0 Å². The first-order chi connectivity index (χ1) is 16.4. The number of pyridine rings is 1. The van der Waals surface area contributed by atoms with E-state index in [-0.39, 0.29) is 0 Å². The van der Waals surface area contributed by atoms with Crippen LogP contribution in [0.1, 0.15) is 11.1 Å². The fourth-order valence-corrected chi connectivity index (χ4v) is 3.86. The maximum Gasteiger partial charge on any atom is 0.0462 e. The van der Waals surface area contributed by atoms with Gasteiger partial charge in [0.1, 0.15) is 0 Å². The molecule has 0 aliphatic carbocycles. The van der Waals surface area contributed by atoms with Gasteiger partial charge in [-0.25, -0.2) is 0 Å². The van der Waals surface area contributed by atoms with Crippen molar-refractivity contribution in [3.63, 3.8) is 0 Å². The molecule has 1 aromatic heterocycles. The van der Waals surface area contributed by atoms with Gasteiger partial charge >= 0.3 is 0 Å². The van der Waals surface area contributed by atoms with Crippen molar-refractivity contribution in [2.75, 3.05) is 4.90 Å². The maximum absolute atomic E-state index is 4.06. The fourth-order valence-electron chi connectivity index (χ4n) is 3.86. The molecule has 0 aliphatic heterocycles. The number of rotatable bonds is 6. The molecule has 0 fully saturated rings. The number of hydrogen-bond acceptors (Lipinski definition) is 2. The summed E-state index contributed by atoms with van der Waals surface area (Å²) >= 11 is 0. The molecule has 2 heteroatoms. The number of aromatic nitrogens is 1. The number of para-hydroxylation sites is 2. The zero-order valence-corrected chi connectivity index (χ0v) is 18.3. The number of nitrogens with zero attached hydrogens (tertiary/aromatic N) is 2. The fraction of sp³-hybridized carbons (Fsp3) is 0. The van der Waals surface area contributed by atoms with Crippen LogP contribution in [0.5, 0.6) is 0 Å². The van der Waals surface area contributed by atoms with E-state index >= 15 is 0 Å². The van der Waals surface area contributed by atoms with Crippen LogP contribution in [0.4, 0.5) is 17.1 Å². The Hall–Kier alpha value is -4.43. The number of benzene rings is 4. The normalized spacial score (nSPS) is 10.9.